The van der Waals surface area contributed by atoms with Crippen molar-refractivity contribution in [2.75, 3.05) is 18.1 Å². The molecule has 0 saturated carbocycles. The fourth-order valence-corrected chi connectivity index (χ4v) is 4.49. The molecule has 24 heavy (non-hydrogen) atoms. The van der Waals surface area contributed by atoms with Crippen LogP contribution in [0, 0.1) is 0 Å². The first-order chi connectivity index (χ1) is 11.6. The van der Waals surface area contributed by atoms with E-state index in [2.05, 4.69) is 9.97 Å². The smallest absolute Gasteiger partial charge is 0.305 e. The van der Waals surface area contributed by atoms with Crippen LogP contribution in [0.1, 0.15) is 12.1 Å². The van der Waals surface area contributed by atoms with Gasteiger partial charge in [-0.1, -0.05) is 0 Å². The van der Waals surface area contributed by atoms with Gasteiger partial charge in [0.05, 0.1) is 24.6 Å². The SMILES string of the molecule is O=C(O)CC1CSCCN1C(=O)Cc1csc(-c2cccnc2)n1. The van der Waals surface area contributed by atoms with E-state index in [1.807, 2.05) is 17.5 Å². The second kappa shape index (κ2) is 7.76. The number of aromatic nitrogens is 2. The molecule has 1 N–H and O–H groups in total. The number of carboxylic acid groups (broad SMARTS) is 1. The van der Waals surface area contributed by atoms with Crippen LogP contribution < -0.4 is 0 Å². The molecule has 0 aromatic carbocycles. The highest BCUT2D eigenvalue weighted by atomic mass is 32.2. The maximum absolute atomic E-state index is 12.6. The molecule has 1 unspecified atom stereocenters. The van der Waals surface area contributed by atoms with Crippen molar-refractivity contribution < 1.29 is 14.7 Å². The molecule has 1 aliphatic heterocycles. The van der Waals surface area contributed by atoms with Crippen LogP contribution in [0.5, 0.6) is 0 Å². The minimum Gasteiger partial charge on any atom is -0.481 e. The first-order valence-electron chi connectivity index (χ1n) is 7.57. The lowest BCUT2D eigenvalue weighted by atomic mass is 10.1. The molecule has 1 amide bonds. The molecule has 0 spiro atoms. The summed E-state index contributed by atoms with van der Waals surface area (Å²) in [6, 6.07) is 3.55. The Bertz CT molecular complexity index is 720. The van der Waals surface area contributed by atoms with Gasteiger partial charge < -0.3 is 10.0 Å². The van der Waals surface area contributed by atoms with E-state index in [4.69, 9.17) is 5.11 Å². The fraction of sp³-hybridized carbons (Fsp3) is 0.375. The molecule has 0 bridgehead atoms. The number of hydrogen-bond donors (Lipinski definition) is 1. The van der Waals surface area contributed by atoms with Crippen molar-refractivity contribution >= 4 is 35.0 Å². The molecule has 2 aromatic heterocycles. The largest absolute Gasteiger partial charge is 0.481 e. The average molecular weight is 363 g/mol. The number of nitrogens with zero attached hydrogens (tertiary/aromatic N) is 3. The van der Waals surface area contributed by atoms with E-state index in [0.717, 1.165) is 22.0 Å². The molecule has 3 rings (SSSR count). The van der Waals surface area contributed by atoms with Gasteiger partial charge in [-0.2, -0.15) is 11.8 Å². The third-order valence-electron chi connectivity index (χ3n) is 3.75. The van der Waals surface area contributed by atoms with Crippen LogP contribution in [0.15, 0.2) is 29.9 Å². The summed E-state index contributed by atoms with van der Waals surface area (Å²) in [5.41, 5.74) is 1.65. The van der Waals surface area contributed by atoms with Gasteiger partial charge >= 0.3 is 5.97 Å². The van der Waals surface area contributed by atoms with Crippen molar-refractivity contribution in [3.63, 3.8) is 0 Å². The number of carboxylic acids is 1. The summed E-state index contributed by atoms with van der Waals surface area (Å²) in [6.45, 7) is 0.598. The number of thioether (sulfide) groups is 1. The van der Waals surface area contributed by atoms with E-state index in [9.17, 15) is 9.59 Å². The Morgan fingerprint density at radius 3 is 3.04 bits per heavy atom. The van der Waals surface area contributed by atoms with Gasteiger partial charge in [-0.3, -0.25) is 14.6 Å². The third kappa shape index (κ3) is 4.12. The summed E-state index contributed by atoms with van der Waals surface area (Å²) in [6.07, 6.45) is 3.65. The summed E-state index contributed by atoms with van der Waals surface area (Å²) < 4.78 is 0. The first-order valence-corrected chi connectivity index (χ1v) is 9.60. The van der Waals surface area contributed by atoms with Gasteiger partial charge in [0.15, 0.2) is 0 Å². The maximum atomic E-state index is 12.6. The Balaban J connectivity index is 1.68. The maximum Gasteiger partial charge on any atom is 0.305 e. The number of hydrogen-bond acceptors (Lipinski definition) is 6. The molecular weight excluding hydrogens is 346 g/mol. The van der Waals surface area contributed by atoms with Gasteiger partial charge in [0, 0.05) is 41.4 Å². The van der Waals surface area contributed by atoms with Gasteiger partial charge in [0.1, 0.15) is 5.01 Å². The zero-order chi connectivity index (χ0) is 16.9. The second-order valence-electron chi connectivity index (χ2n) is 5.48. The summed E-state index contributed by atoms with van der Waals surface area (Å²) in [5.74, 6) is 0.605. The lowest BCUT2D eigenvalue weighted by Gasteiger charge is -2.34. The number of aliphatic carboxylic acids is 1. The Morgan fingerprint density at radius 1 is 1.42 bits per heavy atom. The van der Waals surface area contributed by atoms with Crippen molar-refractivity contribution in [1.82, 2.24) is 14.9 Å². The lowest BCUT2D eigenvalue weighted by molar-refractivity contribution is -0.140. The van der Waals surface area contributed by atoms with Crippen LogP contribution in [-0.2, 0) is 16.0 Å². The predicted molar refractivity (Wildman–Crippen MR) is 94.1 cm³/mol. The van der Waals surface area contributed by atoms with Crippen molar-refractivity contribution in [2.45, 2.75) is 18.9 Å². The monoisotopic (exact) mass is 363 g/mol. The molecule has 1 saturated heterocycles. The first kappa shape index (κ1) is 16.9. The Kier molecular flexibility index (Phi) is 5.47. The molecule has 3 heterocycles. The molecular formula is C16H17N3O3S2. The van der Waals surface area contributed by atoms with Crippen molar-refractivity contribution in [1.29, 1.82) is 0 Å². The topological polar surface area (TPSA) is 83.4 Å². The molecule has 6 nitrogen and oxygen atoms in total. The Labute approximate surface area is 147 Å². The Morgan fingerprint density at radius 2 is 2.29 bits per heavy atom. The van der Waals surface area contributed by atoms with E-state index >= 15 is 0 Å². The quantitative estimate of drug-likeness (QED) is 0.876. The van der Waals surface area contributed by atoms with Crippen molar-refractivity contribution in [2.24, 2.45) is 0 Å². The third-order valence-corrected chi connectivity index (χ3v) is 5.78. The number of carbonyl (C=O) groups excluding carboxylic acids is 1. The van der Waals surface area contributed by atoms with E-state index < -0.39 is 5.97 Å². The summed E-state index contributed by atoms with van der Waals surface area (Å²) >= 11 is 3.18. The minimum absolute atomic E-state index is 0.00323. The molecule has 0 radical (unpaired) electrons. The van der Waals surface area contributed by atoms with Gasteiger partial charge in [-0.25, -0.2) is 4.98 Å². The molecule has 1 aliphatic rings. The number of rotatable bonds is 5. The Hall–Kier alpha value is -1.93. The highest BCUT2D eigenvalue weighted by molar-refractivity contribution is 7.99. The van der Waals surface area contributed by atoms with E-state index in [1.54, 1.807) is 29.1 Å². The minimum atomic E-state index is -0.868. The fourth-order valence-electron chi connectivity index (χ4n) is 2.62. The van der Waals surface area contributed by atoms with Crippen LogP contribution in [0.4, 0.5) is 0 Å². The summed E-state index contributed by atoms with van der Waals surface area (Å²) in [5, 5.41) is 11.7. The van der Waals surface area contributed by atoms with E-state index in [1.165, 1.54) is 11.3 Å². The van der Waals surface area contributed by atoms with Gasteiger partial charge in [-0.15, -0.1) is 11.3 Å². The molecule has 126 valence electrons. The van der Waals surface area contributed by atoms with E-state index in [-0.39, 0.29) is 24.8 Å². The predicted octanol–water partition coefficient (Wildman–Crippen LogP) is 2.17. The van der Waals surface area contributed by atoms with Gasteiger partial charge in [0.25, 0.3) is 0 Å². The highest BCUT2D eigenvalue weighted by Crippen LogP contribution is 2.24. The number of amides is 1. The normalized spacial score (nSPS) is 17.7. The van der Waals surface area contributed by atoms with Crippen LogP contribution in [0.3, 0.4) is 0 Å². The van der Waals surface area contributed by atoms with Crippen LogP contribution >= 0.6 is 23.1 Å². The van der Waals surface area contributed by atoms with Crippen LogP contribution in [0.2, 0.25) is 0 Å². The lowest BCUT2D eigenvalue weighted by Crippen LogP contribution is -2.47. The molecule has 0 aliphatic carbocycles. The van der Waals surface area contributed by atoms with Gasteiger partial charge in [-0.05, 0) is 12.1 Å². The van der Waals surface area contributed by atoms with Crippen LogP contribution in [0.25, 0.3) is 10.6 Å². The summed E-state index contributed by atoms with van der Waals surface area (Å²) in [7, 11) is 0. The zero-order valence-electron chi connectivity index (χ0n) is 12.9. The number of carbonyl (C=O) groups is 2. The van der Waals surface area contributed by atoms with Gasteiger partial charge in [0.2, 0.25) is 5.91 Å². The van der Waals surface area contributed by atoms with Crippen molar-refractivity contribution in [3.8, 4) is 10.6 Å². The average Bonchev–Trinajstić information content (AvgIpc) is 3.04. The molecule has 1 atom stereocenters. The van der Waals surface area contributed by atoms with E-state index in [0.29, 0.717) is 12.3 Å². The standard InChI is InChI=1S/C16H17N3O3S2/c20-14(19-4-5-23-10-13(19)7-15(21)22)6-12-9-24-16(18-12)11-2-1-3-17-8-11/h1-3,8-9,13H,4-7,10H2,(H,21,22). The number of thiazole rings is 1. The number of pyridine rings is 1. The summed E-state index contributed by atoms with van der Waals surface area (Å²) in [4.78, 5) is 33.9. The highest BCUT2D eigenvalue weighted by Gasteiger charge is 2.29. The molecule has 1 fully saturated rings. The molecule has 2 aromatic rings. The zero-order valence-corrected chi connectivity index (χ0v) is 14.6. The van der Waals surface area contributed by atoms with Crippen molar-refractivity contribution in [3.05, 3.63) is 35.6 Å². The molecule has 8 heteroatoms. The van der Waals surface area contributed by atoms with Crippen LogP contribution in [-0.4, -0.2) is 55.9 Å². The second-order valence-corrected chi connectivity index (χ2v) is 7.48.